The molecule has 0 fully saturated rings. The number of benzene rings is 3. The molecule has 0 radical (unpaired) electrons. The van der Waals surface area contributed by atoms with Gasteiger partial charge in [0.25, 0.3) is 0 Å². The molecule has 0 atom stereocenters. The van der Waals surface area contributed by atoms with Gasteiger partial charge in [-0.3, -0.25) is 4.79 Å². The van der Waals surface area contributed by atoms with Gasteiger partial charge in [0, 0.05) is 22.5 Å². The van der Waals surface area contributed by atoms with Crippen molar-refractivity contribution < 1.29 is 4.79 Å². The van der Waals surface area contributed by atoms with Gasteiger partial charge in [0.2, 0.25) is 0 Å². The van der Waals surface area contributed by atoms with Crippen LogP contribution < -0.4 is 11.1 Å². The Kier molecular flexibility index (Phi) is 3.12. The molecule has 0 spiro atoms. The lowest BCUT2D eigenvalue weighted by Gasteiger charge is -2.21. The number of nitrogen functional groups attached to an aromatic ring is 1. The van der Waals surface area contributed by atoms with Crippen LogP contribution in [0.4, 0.5) is 17.1 Å². The van der Waals surface area contributed by atoms with Crippen LogP contribution in [0.1, 0.15) is 27.0 Å². The van der Waals surface area contributed by atoms with E-state index in [0.717, 1.165) is 40.0 Å². The van der Waals surface area contributed by atoms with Crippen molar-refractivity contribution >= 4 is 22.8 Å². The molecule has 1 aliphatic carbocycles. The highest BCUT2D eigenvalue weighted by Crippen LogP contribution is 2.33. The third kappa shape index (κ3) is 2.36. The van der Waals surface area contributed by atoms with Crippen LogP contribution in [0, 0.1) is 0 Å². The lowest BCUT2D eigenvalue weighted by atomic mass is 9.84. The van der Waals surface area contributed by atoms with Crippen molar-refractivity contribution in [3.05, 3.63) is 89.0 Å². The predicted molar refractivity (Wildman–Crippen MR) is 93.3 cm³/mol. The van der Waals surface area contributed by atoms with Crippen molar-refractivity contribution in [1.82, 2.24) is 0 Å². The van der Waals surface area contributed by atoms with Crippen LogP contribution in [-0.4, -0.2) is 5.78 Å². The summed E-state index contributed by atoms with van der Waals surface area (Å²) in [5.41, 5.74) is 11.9. The smallest absolute Gasteiger partial charge is 0.195 e. The van der Waals surface area contributed by atoms with Crippen molar-refractivity contribution in [3.63, 3.8) is 0 Å². The normalized spacial score (nSPS) is 12.4. The zero-order valence-corrected chi connectivity index (χ0v) is 12.5. The zero-order valence-electron chi connectivity index (χ0n) is 12.5. The Labute approximate surface area is 134 Å². The maximum absolute atomic E-state index is 12.9. The number of carbonyl (C=O) groups is 1. The van der Waals surface area contributed by atoms with Crippen LogP contribution in [-0.2, 0) is 6.42 Å². The van der Waals surface area contributed by atoms with Crippen molar-refractivity contribution in [2.75, 3.05) is 11.1 Å². The van der Waals surface area contributed by atoms with Gasteiger partial charge in [0.1, 0.15) is 0 Å². The van der Waals surface area contributed by atoms with E-state index < -0.39 is 0 Å². The third-order valence-electron chi connectivity index (χ3n) is 4.19. The van der Waals surface area contributed by atoms with E-state index in [9.17, 15) is 4.79 Å². The molecule has 3 N–H and O–H groups in total. The predicted octanol–water partition coefficient (Wildman–Crippen LogP) is 4.15. The van der Waals surface area contributed by atoms with Gasteiger partial charge in [-0.2, -0.15) is 0 Å². The van der Waals surface area contributed by atoms with Gasteiger partial charge >= 0.3 is 0 Å². The summed E-state index contributed by atoms with van der Waals surface area (Å²) in [5.74, 6) is 0.0776. The molecule has 0 unspecified atom stereocenters. The summed E-state index contributed by atoms with van der Waals surface area (Å²) >= 11 is 0. The average Bonchev–Trinajstić information content (AvgIpc) is 2.55. The van der Waals surface area contributed by atoms with Crippen LogP contribution in [0.2, 0.25) is 0 Å². The van der Waals surface area contributed by atoms with Crippen molar-refractivity contribution in [2.24, 2.45) is 0 Å². The molecule has 4 rings (SSSR count). The molecule has 1 aliphatic rings. The molecule has 112 valence electrons. The highest BCUT2D eigenvalue weighted by atomic mass is 16.1. The second-order valence-corrected chi connectivity index (χ2v) is 5.75. The second-order valence-electron chi connectivity index (χ2n) is 5.75. The van der Waals surface area contributed by atoms with Gasteiger partial charge < -0.3 is 11.1 Å². The number of carbonyl (C=O) groups excluding carboxylic acids is 1. The summed E-state index contributed by atoms with van der Waals surface area (Å²) in [6, 6.07) is 21.3. The fourth-order valence-electron chi connectivity index (χ4n) is 3.13. The van der Waals surface area contributed by atoms with Gasteiger partial charge in [-0.25, -0.2) is 0 Å². The fourth-order valence-corrected chi connectivity index (χ4v) is 3.13. The van der Waals surface area contributed by atoms with E-state index >= 15 is 0 Å². The minimum atomic E-state index is 0.0776. The fraction of sp³-hybridized carbons (Fsp3) is 0.0500. The summed E-state index contributed by atoms with van der Waals surface area (Å²) in [6.07, 6.45) is 0.781. The summed E-state index contributed by atoms with van der Waals surface area (Å²) in [7, 11) is 0. The largest absolute Gasteiger partial charge is 0.399 e. The summed E-state index contributed by atoms with van der Waals surface area (Å²) in [4.78, 5) is 12.9. The lowest BCUT2D eigenvalue weighted by Crippen LogP contribution is -2.16. The Balaban J connectivity index is 1.79. The molecule has 0 aliphatic heterocycles. The topological polar surface area (TPSA) is 55.1 Å². The number of fused-ring (bicyclic) bond motifs is 2. The lowest BCUT2D eigenvalue weighted by molar-refractivity contribution is 0.103. The van der Waals surface area contributed by atoms with E-state index in [1.807, 2.05) is 66.7 Å². The zero-order chi connectivity index (χ0) is 15.8. The number of ketones is 1. The Bertz CT molecular complexity index is 915. The number of nitrogens with two attached hydrogens (primary N) is 1. The minimum absolute atomic E-state index is 0.0776. The summed E-state index contributed by atoms with van der Waals surface area (Å²) in [6.45, 7) is 0. The van der Waals surface area contributed by atoms with Gasteiger partial charge in [-0.15, -0.1) is 0 Å². The first-order chi connectivity index (χ1) is 11.2. The van der Waals surface area contributed by atoms with Crippen molar-refractivity contribution in [2.45, 2.75) is 6.42 Å². The highest BCUT2D eigenvalue weighted by Gasteiger charge is 2.25. The molecular formula is C20H16N2O. The van der Waals surface area contributed by atoms with E-state index in [4.69, 9.17) is 5.73 Å². The van der Waals surface area contributed by atoms with Gasteiger partial charge in [-0.05, 0) is 41.8 Å². The number of hydrogen-bond donors (Lipinski definition) is 2. The maximum Gasteiger partial charge on any atom is 0.195 e. The second kappa shape index (κ2) is 5.29. The van der Waals surface area contributed by atoms with Crippen LogP contribution >= 0.6 is 0 Å². The van der Waals surface area contributed by atoms with Crippen LogP contribution in [0.25, 0.3) is 0 Å². The van der Waals surface area contributed by atoms with Crippen molar-refractivity contribution in [3.8, 4) is 0 Å². The molecule has 0 heterocycles. The summed E-state index contributed by atoms with van der Waals surface area (Å²) < 4.78 is 0. The Hall–Kier alpha value is -3.07. The number of nitrogens with one attached hydrogen (secondary N) is 1. The molecule has 0 amide bonds. The van der Waals surface area contributed by atoms with Gasteiger partial charge in [0.15, 0.2) is 5.78 Å². The standard InChI is InChI=1S/C20H16N2O/c21-15-7-4-8-16(12-15)22-18-10-3-6-14-11-13-5-1-2-9-17(13)20(23)19(14)18/h1-10,12,22H,11,21H2. The van der Waals surface area contributed by atoms with Gasteiger partial charge in [0.05, 0.1) is 5.69 Å². The maximum atomic E-state index is 12.9. The van der Waals surface area contributed by atoms with Gasteiger partial charge in [-0.1, -0.05) is 42.5 Å². The Morgan fingerprint density at radius 1 is 0.870 bits per heavy atom. The van der Waals surface area contributed by atoms with E-state index in [-0.39, 0.29) is 5.78 Å². The molecule has 3 aromatic carbocycles. The third-order valence-corrected chi connectivity index (χ3v) is 4.19. The number of hydrogen-bond acceptors (Lipinski definition) is 3. The SMILES string of the molecule is Nc1cccc(Nc2cccc3c2C(=O)c2ccccc2C3)c1. The molecule has 0 bridgehead atoms. The Morgan fingerprint density at radius 3 is 2.52 bits per heavy atom. The van der Waals surface area contributed by atoms with E-state index in [1.165, 1.54) is 0 Å². The number of anilines is 3. The first-order valence-corrected chi connectivity index (χ1v) is 7.59. The molecule has 0 saturated carbocycles. The quantitative estimate of drug-likeness (QED) is 0.547. The van der Waals surface area contributed by atoms with E-state index in [0.29, 0.717) is 5.69 Å². The summed E-state index contributed by atoms with van der Waals surface area (Å²) in [5, 5.41) is 3.33. The van der Waals surface area contributed by atoms with Crippen LogP contribution in [0.15, 0.2) is 66.7 Å². The van der Waals surface area contributed by atoms with E-state index in [1.54, 1.807) is 0 Å². The molecule has 3 aromatic rings. The molecule has 3 heteroatoms. The highest BCUT2D eigenvalue weighted by molar-refractivity contribution is 6.15. The molecule has 23 heavy (non-hydrogen) atoms. The first-order valence-electron chi connectivity index (χ1n) is 7.59. The van der Waals surface area contributed by atoms with Crippen molar-refractivity contribution in [1.29, 1.82) is 0 Å². The number of rotatable bonds is 2. The average molecular weight is 300 g/mol. The first kappa shape index (κ1) is 13.6. The molecule has 3 nitrogen and oxygen atoms in total. The molecule has 0 saturated heterocycles. The Morgan fingerprint density at radius 2 is 1.65 bits per heavy atom. The monoisotopic (exact) mass is 300 g/mol. The molecule has 0 aromatic heterocycles. The molecular weight excluding hydrogens is 284 g/mol. The van der Waals surface area contributed by atoms with E-state index in [2.05, 4.69) is 5.32 Å². The van der Waals surface area contributed by atoms with Crippen LogP contribution in [0.3, 0.4) is 0 Å². The van der Waals surface area contributed by atoms with Crippen LogP contribution in [0.5, 0.6) is 0 Å². The minimum Gasteiger partial charge on any atom is -0.399 e.